The third-order valence-corrected chi connectivity index (χ3v) is 2.32. The molecule has 2 N–H and O–H groups in total. The van der Waals surface area contributed by atoms with E-state index >= 15 is 0 Å². The molecule has 6 heteroatoms. The van der Waals surface area contributed by atoms with Crippen molar-refractivity contribution in [3.8, 4) is 11.3 Å². The molecule has 0 aliphatic carbocycles. The highest BCUT2D eigenvalue weighted by molar-refractivity contribution is 5.79. The molecule has 0 amide bonds. The molecule has 0 saturated heterocycles. The Bertz CT molecular complexity index is 528. The van der Waals surface area contributed by atoms with Crippen molar-refractivity contribution in [1.29, 1.82) is 0 Å². The van der Waals surface area contributed by atoms with E-state index in [2.05, 4.69) is 5.10 Å². The molecule has 0 aliphatic rings. The second-order valence-electron chi connectivity index (χ2n) is 3.35. The summed E-state index contributed by atoms with van der Waals surface area (Å²) in [6, 6.07) is 6.45. The van der Waals surface area contributed by atoms with Gasteiger partial charge in [0.1, 0.15) is 0 Å². The molecule has 1 aromatic heterocycles. The van der Waals surface area contributed by atoms with Crippen LogP contribution in [0.15, 0.2) is 30.5 Å². The number of benzene rings is 1. The van der Waals surface area contributed by atoms with Gasteiger partial charge in [0, 0.05) is 13.1 Å². The first-order valence-corrected chi connectivity index (χ1v) is 4.62. The summed E-state index contributed by atoms with van der Waals surface area (Å²) < 4.78 is 1.53. The first-order chi connectivity index (χ1) is 7.61. The van der Waals surface area contributed by atoms with Crippen LogP contribution in [0.1, 0.15) is 0 Å². The fourth-order valence-electron chi connectivity index (χ4n) is 1.62. The monoisotopic (exact) mass is 218 g/mol. The van der Waals surface area contributed by atoms with Crippen molar-refractivity contribution in [3.05, 3.63) is 40.6 Å². The number of hydrogen-bond acceptors (Lipinski definition) is 4. The Labute approximate surface area is 91.5 Å². The standard InChI is InChI=1S/C10H10N4O2/c1-13-10(8(11)6-12-13)7-4-2-3-5-9(7)14(15)16/h2-6H,11H2,1H3. The molecule has 1 aromatic carbocycles. The summed E-state index contributed by atoms with van der Waals surface area (Å²) in [6.45, 7) is 0. The molecule has 0 bridgehead atoms. The summed E-state index contributed by atoms with van der Waals surface area (Å²) >= 11 is 0. The Kier molecular flexibility index (Phi) is 2.32. The van der Waals surface area contributed by atoms with Crippen LogP contribution in [-0.4, -0.2) is 14.7 Å². The van der Waals surface area contributed by atoms with Crippen molar-refractivity contribution < 1.29 is 4.92 Å². The highest BCUT2D eigenvalue weighted by Gasteiger charge is 2.18. The van der Waals surface area contributed by atoms with Gasteiger partial charge in [-0.05, 0) is 6.07 Å². The molecular formula is C10H10N4O2. The topological polar surface area (TPSA) is 87.0 Å². The van der Waals surface area contributed by atoms with Crippen molar-refractivity contribution in [2.24, 2.45) is 7.05 Å². The fraction of sp³-hybridized carbons (Fsp3) is 0.100. The zero-order chi connectivity index (χ0) is 11.7. The molecule has 82 valence electrons. The average Bonchev–Trinajstić information content (AvgIpc) is 2.58. The normalized spacial score (nSPS) is 10.3. The van der Waals surface area contributed by atoms with Crippen LogP contribution in [0.5, 0.6) is 0 Å². The lowest BCUT2D eigenvalue weighted by Crippen LogP contribution is -1.99. The summed E-state index contributed by atoms with van der Waals surface area (Å²) in [5.41, 5.74) is 7.23. The lowest BCUT2D eigenvalue weighted by molar-refractivity contribution is -0.384. The smallest absolute Gasteiger partial charge is 0.278 e. The fourth-order valence-corrected chi connectivity index (χ4v) is 1.62. The molecular weight excluding hydrogens is 208 g/mol. The van der Waals surface area contributed by atoms with Crippen molar-refractivity contribution in [3.63, 3.8) is 0 Å². The number of aromatic nitrogens is 2. The number of anilines is 1. The van der Waals surface area contributed by atoms with Gasteiger partial charge in [-0.25, -0.2) is 0 Å². The van der Waals surface area contributed by atoms with Gasteiger partial charge in [0.25, 0.3) is 5.69 Å². The summed E-state index contributed by atoms with van der Waals surface area (Å²) in [6.07, 6.45) is 1.48. The van der Waals surface area contributed by atoms with Gasteiger partial charge >= 0.3 is 0 Å². The minimum atomic E-state index is -0.429. The molecule has 2 rings (SSSR count). The molecule has 1 heterocycles. The number of nitrogen functional groups attached to an aromatic ring is 1. The van der Waals surface area contributed by atoms with Gasteiger partial charge in [-0.1, -0.05) is 12.1 Å². The molecule has 0 aliphatic heterocycles. The van der Waals surface area contributed by atoms with Crippen LogP contribution >= 0.6 is 0 Å². The van der Waals surface area contributed by atoms with Crippen LogP contribution < -0.4 is 5.73 Å². The molecule has 16 heavy (non-hydrogen) atoms. The predicted octanol–water partition coefficient (Wildman–Crippen LogP) is 1.58. The van der Waals surface area contributed by atoms with Crippen LogP contribution in [-0.2, 0) is 7.05 Å². The maximum Gasteiger partial charge on any atom is 0.278 e. The zero-order valence-corrected chi connectivity index (χ0v) is 8.62. The Morgan fingerprint density at radius 3 is 2.69 bits per heavy atom. The molecule has 0 spiro atoms. The lowest BCUT2D eigenvalue weighted by atomic mass is 10.1. The van der Waals surface area contributed by atoms with Gasteiger partial charge < -0.3 is 5.73 Å². The number of nitrogens with zero attached hydrogens (tertiary/aromatic N) is 3. The maximum atomic E-state index is 10.9. The molecule has 2 aromatic rings. The first-order valence-electron chi connectivity index (χ1n) is 4.62. The van der Waals surface area contributed by atoms with E-state index in [1.165, 1.54) is 16.9 Å². The van der Waals surface area contributed by atoms with Crippen molar-refractivity contribution in [2.45, 2.75) is 0 Å². The van der Waals surface area contributed by atoms with Crippen LogP contribution in [0.3, 0.4) is 0 Å². The second-order valence-corrected chi connectivity index (χ2v) is 3.35. The molecule has 0 fully saturated rings. The van der Waals surface area contributed by atoms with Gasteiger partial charge in [-0.2, -0.15) is 5.10 Å². The summed E-state index contributed by atoms with van der Waals surface area (Å²) in [7, 11) is 1.70. The van der Waals surface area contributed by atoms with Crippen molar-refractivity contribution in [2.75, 3.05) is 5.73 Å². The van der Waals surface area contributed by atoms with Crippen LogP contribution in [0, 0.1) is 10.1 Å². The highest BCUT2D eigenvalue weighted by atomic mass is 16.6. The number of nitro benzene ring substituents is 1. The summed E-state index contributed by atoms with van der Waals surface area (Å²) in [4.78, 5) is 10.4. The third-order valence-electron chi connectivity index (χ3n) is 2.32. The minimum absolute atomic E-state index is 0.0257. The van der Waals surface area contributed by atoms with Crippen LogP contribution in [0.4, 0.5) is 11.4 Å². The Morgan fingerprint density at radius 2 is 2.12 bits per heavy atom. The number of hydrogen-bond donors (Lipinski definition) is 1. The summed E-state index contributed by atoms with van der Waals surface area (Å²) in [5, 5.41) is 14.8. The van der Waals surface area contributed by atoms with E-state index in [9.17, 15) is 10.1 Å². The highest BCUT2D eigenvalue weighted by Crippen LogP contribution is 2.32. The van der Waals surface area contributed by atoms with E-state index in [0.717, 1.165) is 0 Å². The van der Waals surface area contributed by atoms with E-state index in [1.54, 1.807) is 25.2 Å². The quantitative estimate of drug-likeness (QED) is 0.612. The SMILES string of the molecule is Cn1ncc(N)c1-c1ccccc1[N+](=O)[O-]. The van der Waals surface area contributed by atoms with E-state index in [4.69, 9.17) is 5.73 Å². The van der Waals surface area contributed by atoms with Gasteiger partial charge in [-0.3, -0.25) is 14.8 Å². The number of rotatable bonds is 2. The van der Waals surface area contributed by atoms with Gasteiger partial charge in [0.05, 0.1) is 28.1 Å². The Morgan fingerprint density at radius 1 is 1.44 bits per heavy atom. The Balaban J connectivity index is 2.69. The number of para-hydroxylation sites is 1. The molecule has 0 unspecified atom stereocenters. The number of nitro groups is 1. The molecule has 0 saturated carbocycles. The predicted molar refractivity (Wildman–Crippen MR) is 59.7 cm³/mol. The maximum absolute atomic E-state index is 10.9. The van der Waals surface area contributed by atoms with E-state index in [1.807, 2.05) is 0 Å². The van der Waals surface area contributed by atoms with E-state index in [0.29, 0.717) is 16.9 Å². The van der Waals surface area contributed by atoms with E-state index < -0.39 is 4.92 Å². The van der Waals surface area contributed by atoms with E-state index in [-0.39, 0.29) is 5.69 Å². The first kappa shape index (κ1) is 10.2. The minimum Gasteiger partial charge on any atom is -0.396 e. The van der Waals surface area contributed by atoms with Crippen LogP contribution in [0.2, 0.25) is 0 Å². The zero-order valence-electron chi connectivity index (χ0n) is 8.62. The summed E-state index contributed by atoms with van der Waals surface area (Å²) in [5.74, 6) is 0. The average molecular weight is 218 g/mol. The Hall–Kier alpha value is -2.37. The van der Waals surface area contributed by atoms with Gasteiger partial charge in [0.2, 0.25) is 0 Å². The number of aryl methyl sites for hydroxylation is 1. The van der Waals surface area contributed by atoms with Gasteiger partial charge in [0.15, 0.2) is 0 Å². The second kappa shape index (κ2) is 3.65. The molecule has 0 radical (unpaired) electrons. The van der Waals surface area contributed by atoms with Gasteiger partial charge in [-0.15, -0.1) is 0 Å². The molecule has 6 nitrogen and oxygen atoms in total. The largest absolute Gasteiger partial charge is 0.396 e. The van der Waals surface area contributed by atoms with Crippen molar-refractivity contribution >= 4 is 11.4 Å². The van der Waals surface area contributed by atoms with Crippen LogP contribution in [0.25, 0.3) is 11.3 Å². The van der Waals surface area contributed by atoms with Crippen molar-refractivity contribution in [1.82, 2.24) is 9.78 Å². The lowest BCUT2D eigenvalue weighted by Gasteiger charge is -2.04. The third kappa shape index (κ3) is 1.50. The molecule has 0 atom stereocenters. The number of nitrogens with two attached hydrogens (primary N) is 1.